The van der Waals surface area contributed by atoms with Crippen molar-refractivity contribution >= 4 is 15.9 Å². The molecule has 20 heavy (non-hydrogen) atoms. The Morgan fingerprint density at radius 2 is 2.15 bits per heavy atom. The molecule has 0 aliphatic heterocycles. The lowest BCUT2D eigenvalue weighted by atomic mass is 10.0. The van der Waals surface area contributed by atoms with Crippen molar-refractivity contribution in [2.45, 2.75) is 39.3 Å². The van der Waals surface area contributed by atoms with E-state index in [0.717, 1.165) is 35.2 Å². The van der Waals surface area contributed by atoms with E-state index >= 15 is 0 Å². The van der Waals surface area contributed by atoms with Crippen LogP contribution in [-0.2, 0) is 20.0 Å². The fraction of sp³-hybridized carbons (Fsp3) is 0.571. The Hall–Kier alpha value is -1.14. The quantitative estimate of drug-likeness (QED) is 0.880. The summed E-state index contributed by atoms with van der Waals surface area (Å²) in [5.74, 6) is 0. The van der Waals surface area contributed by atoms with Crippen molar-refractivity contribution in [1.82, 2.24) is 24.9 Å². The van der Waals surface area contributed by atoms with Crippen molar-refractivity contribution in [2.24, 2.45) is 7.05 Å². The smallest absolute Gasteiger partial charge is 0.0791 e. The van der Waals surface area contributed by atoms with Gasteiger partial charge in [0, 0.05) is 25.4 Å². The van der Waals surface area contributed by atoms with Gasteiger partial charge in [0.15, 0.2) is 0 Å². The van der Waals surface area contributed by atoms with Crippen LogP contribution in [0.3, 0.4) is 0 Å². The molecule has 0 aromatic carbocycles. The number of hydrogen-bond donors (Lipinski definition) is 1. The van der Waals surface area contributed by atoms with Crippen molar-refractivity contribution in [3.05, 3.63) is 33.8 Å². The Bertz CT molecular complexity index is 572. The summed E-state index contributed by atoms with van der Waals surface area (Å²) in [6, 6.07) is 0.0991. The van der Waals surface area contributed by atoms with Crippen LogP contribution in [0.5, 0.6) is 0 Å². The first-order valence-electron chi connectivity index (χ1n) is 7.03. The predicted octanol–water partition coefficient (Wildman–Crippen LogP) is 2.66. The summed E-state index contributed by atoms with van der Waals surface area (Å²) in [6.45, 7) is 5.22. The summed E-state index contributed by atoms with van der Waals surface area (Å²) in [6.07, 6.45) is 5.95. The van der Waals surface area contributed by atoms with Crippen molar-refractivity contribution in [3.8, 4) is 0 Å². The van der Waals surface area contributed by atoms with Gasteiger partial charge in [-0.2, -0.15) is 10.2 Å². The molecule has 0 aliphatic carbocycles. The van der Waals surface area contributed by atoms with Gasteiger partial charge in [-0.15, -0.1) is 0 Å². The van der Waals surface area contributed by atoms with E-state index in [9.17, 15) is 0 Å². The van der Waals surface area contributed by atoms with Crippen LogP contribution in [0.1, 0.15) is 43.3 Å². The van der Waals surface area contributed by atoms with Crippen molar-refractivity contribution in [1.29, 1.82) is 0 Å². The molecule has 0 saturated carbocycles. The minimum absolute atomic E-state index is 0.0991. The highest BCUT2D eigenvalue weighted by Crippen LogP contribution is 2.30. The summed E-state index contributed by atoms with van der Waals surface area (Å²) in [5.41, 5.74) is 3.51. The van der Waals surface area contributed by atoms with E-state index in [1.807, 2.05) is 25.0 Å². The molecule has 0 fully saturated rings. The first-order chi connectivity index (χ1) is 9.62. The molecular weight excluding hydrogens is 318 g/mol. The van der Waals surface area contributed by atoms with Gasteiger partial charge in [0.25, 0.3) is 0 Å². The summed E-state index contributed by atoms with van der Waals surface area (Å²) in [7, 11) is 3.95. The number of hydrogen-bond acceptors (Lipinski definition) is 3. The van der Waals surface area contributed by atoms with Crippen LogP contribution in [-0.4, -0.2) is 26.6 Å². The molecule has 1 unspecified atom stereocenters. The zero-order valence-corrected chi connectivity index (χ0v) is 14.1. The molecule has 0 spiro atoms. The molecule has 110 valence electrons. The molecule has 1 atom stereocenters. The van der Waals surface area contributed by atoms with Gasteiger partial charge >= 0.3 is 0 Å². The summed E-state index contributed by atoms with van der Waals surface area (Å²) < 4.78 is 4.99. The summed E-state index contributed by atoms with van der Waals surface area (Å²) in [4.78, 5) is 0. The maximum absolute atomic E-state index is 4.54. The number of aryl methyl sites for hydroxylation is 3. The van der Waals surface area contributed by atoms with Crippen LogP contribution in [0.15, 0.2) is 16.9 Å². The maximum atomic E-state index is 4.54. The Morgan fingerprint density at radius 1 is 1.40 bits per heavy atom. The Morgan fingerprint density at radius 3 is 2.75 bits per heavy atom. The van der Waals surface area contributed by atoms with Gasteiger partial charge in [-0.05, 0) is 35.8 Å². The molecule has 2 aromatic heterocycles. The van der Waals surface area contributed by atoms with Gasteiger partial charge in [-0.25, -0.2) is 0 Å². The second-order valence-electron chi connectivity index (χ2n) is 4.88. The zero-order chi connectivity index (χ0) is 14.7. The van der Waals surface area contributed by atoms with Crippen molar-refractivity contribution in [3.63, 3.8) is 0 Å². The van der Waals surface area contributed by atoms with Gasteiger partial charge in [0.2, 0.25) is 0 Å². The fourth-order valence-electron chi connectivity index (χ4n) is 2.56. The van der Waals surface area contributed by atoms with Crippen molar-refractivity contribution in [2.75, 3.05) is 7.05 Å². The molecular formula is C14H22BrN5. The lowest BCUT2D eigenvalue weighted by molar-refractivity contribution is 0.532. The highest BCUT2D eigenvalue weighted by molar-refractivity contribution is 9.10. The topological polar surface area (TPSA) is 47.7 Å². The third kappa shape index (κ3) is 2.81. The molecule has 1 N–H and O–H groups in total. The molecule has 5 nitrogen and oxygen atoms in total. The van der Waals surface area contributed by atoms with Gasteiger partial charge in [-0.3, -0.25) is 9.36 Å². The van der Waals surface area contributed by atoms with E-state index in [4.69, 9.17) is 0 Å². The van der Waals surface area contributed by atoms with Crippen LogP contribution in [0, 0.1) is 0 Å². The molecule has 6 heteroatoms. The lowest BCUT2D eigenvalue weighted by Crippen LogP contribution is -2.22. The van der Waals surface area contributed by atoms with Crippen LogP contribution >= 0.6 is 15.9 Å². The second-order valence-corrected chi connectivity index (χ2v) is 5.74. The van der Waals surface area contributed by atoms with Gasteiger partial charge in [0.05, 0.1) is 28.1 Å². The molecule has 2 rings (SSSR count). The molecule has 2 heterocycles. The minimum Gasteiger partial charge on any atom is -0.308 e. The standard InChI is InChI=1S/C14H22BrN5/c1-5-7-20-14(11(15)8-17-20)13(16-3)10-9-19(4)18-12(10)6-2/h8-9,13,16H,5-7H2,1-4H3. The summed E-state index contributed by atoms with van der Waals surface area (Å²) in [5, 5.41) is 12.4. The summed E-state index contributed by atoms with van der Waals surface area (Å²) >= 11 is 3.63. The molecule has 0 bridgehead atoms. The average molecular weight is 340 g/mol. The normalized spacial score (nSPS) is 12.8. The fourth-order valence-corrected chi connectivity index (χ4v) is 3.08. The maximum Gasteiger partial charge on any atom is 0.0791 e. The number of aromatic nitrogens is 4. The first-order valence-corrected chi connectivity index (χ1v) is 7.82. The van der Waals surface area contributed by atoms with Crippen molar-refractivity contribution < 1.29 is 0 Å². The average Bonchev–Trinajstić information content (AvgIpc) is 2.97. The molecule has 2 aromatic rings. The highest BCUT2D eigenvalue weighted by Gasteiger charge is 2.24. The van der Waals surface area contributed by atoms with Gasteiger partial charge in [-0.1, -0.05) is 13.8 Å². The molecule has 0 aliphatic rings. The third-order valence-corrected chi connectivity index (χ3v) is 4.03. The number of rotatable bonds is 6. The second kappa shape index (κ2) is 6.54. The number of nitrogens with zero attached hydrogens (tertiary/aromatic N) is 4. The SMILES string of the molecule is CCCn1ncc(Br)c1C(NC)c1cn(C)nc1CC. The molecule has 0 amide bonds. The lowest BCUT2D eigenvalue weighted by Gasteiger charge is -2.18. The minimum atomic E-state index is 0.0991. The van der Waals surface area contributed by atoms with E-state index in [1.54, 1.807) is 0 Å². The van der Waals surface area contributed by atoms with Crippen LogP contribution in [0.2, 0.25) is 0 Å². The highest BCUT2D eigenvalue weighted by atomic mass is 79.9. The molecule has 0 saturated heterocycles. The Balaban J connectivity index is 2.49. The Labute approximate surface area is 128 Å². The largest absolute Gasteiger partial charge is 0.308 e. The first kappa shape index (κ1) is 15.3. The van der Waals surface area contributed by atoms with Crippen LogP contribution < -0.4 is 5.32 Å². The number of halogens is 1. The van der Waals surface area contributed by atoms with E-state index in [1.165, 1.54) is 5.56 Å². The number of nitrogens with one attached hydrogen (secondary N) is 1. The van der Waals surface area contributed by atoms with Crippen LogP contribution in [0.4, 0.5) is 0 Å². The molecule has 0 radical (unpaired) electrons. The van der Waals surface area contributed by atoms with E-state index in [0.29, 0.717) is 0 Å². The van der Waals surface area contributed by atoms with Gasteiger partial charge < -0.3 is 5.32 Å². The van der Waals surface area contributed by atoms with Crippen LogP contribution in [0.25, 0.3) is 0 Å². The van der Waals surface area contributed by atoms with E-state index < -0.39 is 0 Å². The van der Waals surface area contributed by atoms with E-state index in [2.05, 4.69) is 56.2 Å². The monoisotopic (exact) mass is 339 g/mol. The zero-order valence-electron chi connectivity index (χ0n) is 12.5. The van der Waals surface area contributed by atoms with E-state index in [-0.39, 0.29) is 6.04 Å². The third-order valence-electron chi connectivity index (χ3n) is 3.41. The Kier molecular flexibility index (Phi) is 4.99. The predicted molar refractivity (Wildman–Crippen MR) is 83.7 cm³/mol. The van der Waals surface area contributed by atoms with Gasteiger partial charge in [0.1, 0.15) is 0 Å².